The first-order valence-electron chi connectivity index (χ1n) is 5.91. The number of halogens is 1. The van der Waals surface area contributed by atoms with E-state index < -0.39 is 0 Å². The predicted molar refractivity (Wildman–Crippen MR) is 71.9 cm³/mol. The van der Waals surface area contributed by atoms with Crippen LogP contribution in [-0.2, 0) is 0 Å². The van der Waals surface area contributed by atoms with Crippen molar-refractivity contribution in [3.05, 3.63) is 35.4 Å². The lowest BCUT2D eigenvalue weighted by Crippen LogP contribution is -2.02. The Morgan fingerprint density at radius 2 is 1.93 bits per heavy atom. The summed E-state index contributed by atoms with van der Waals surface area (Å²) in [5, 5.41) is 1.08. The van der Waals surface area contributed by atoms with E-state index in [2.05, 4.69) is 54.0 Å². The van der Waals surface area contributed by atoms with Gasteiger partial charge in [-0.2, -0.15) is 0 Å². The first-order valence-corrected chi connectivity index (χ1v) is 7.03. The van der Waals surface area contributed by atoms with E-state index in [0.29, 0.717) is 5.92 Å². The van der Waals surface area contributed by atoms with Crippen LogP contribution in [0, 0.1) is 6.92 Å². The summed E-state index contributed by atoms with van der Waals surface area (Å²) in [5.41, 5.74) is 2.95. The Hall–Kier alpha value is -0.300. The number of alkyl halides is 1. The number of rotatable bonds is 6. The summed E-state index contributed by atoms with van der Waals surface area (Å²) in [7, 11) is 0. The fourth-order valence-electron chi connectivity index (χ4n) is 2.00. The molecule has 0 bridgehead atoms. The maximum atomic E-state index is 3.64. The van der Waals surface area contributed by atoms with E-state index >= 15 is 0 Å². The van der Waals surface area contributed by atoms with Crippen LogP contribution in [0.2, 0.25) is 0 Å². The van der Waals surface area contributed by atoms with Gasteiger partial charge >= 0.3 is 0 Å². The van der Waals surface area contributed by atoms with Crippen molar-refractivity contribution >= 4 is 15.9 Å². The Kier molecular flexibility index (Phi) is 6.00. The average molecular weight is 269 g/mol. The Morgan fingerprint density at radius 3 is 2.53 bits per heavy atom. The summed E-state index contributed by atoms with van der Waals surface area (Å²) in [4.78, 5) is 0. The number of hydrogen-bond donors (Lipinski definition) is 0. The van der Waals surface area contributed by atoms with Gasteiger partial charge in [-0.15, -0.1) is 0 Å². The lowest BCUT2D eigenvalue weighted by atomic mass is 9.92. The number of aryl methyl sites for hydroxylation is 1. The molecule has 84 valence electrons. The molecule has 1 aromatic rings. The molecule has 0 amide bonds. The van der Waals surface area contributed by atoms with Crippen molar-refractivity contribution in [1.29, 1.82) is 0 Å². The molecular formula is C14H21Br. The number of unbranched alkanes of at least 4 members (excludes halogenated alkanes) is 2. The molecule has 1 aromatic carbocycles. The van der Waals surface area contributed by atoms with E-state index in [0.717, 1.165) is 5.33 Å². The van der Waals surface area contributed by atoms with Gasteiger partial charge in [-0.3, -0.25) is 0 Å². The highest BCUT2D eigenvalue weighted by Crippen LogP contribution is 2.26. The fraction of sp³-hybridized carbons (Fsp3) is 0.571. The highest BCUT2D eigenvalue weighted by Gasteiger charge is 2.11. The van der Waals surface area contributed by atoms with Crippen molar-refractivity contribution in [1.82, 2.24) is 0 Å². The van der Waals surface area contributed by atoms with Gasteiger partial charge in [0.1, 0.15) is 0 Å². The summed E-state index contributed by atoms with van der Waals surface area (Å²) >= 11 is 3.64. The predicted octanol–water partition coefficient (Wildman–Crippen LogP) is 5.05. The minimum absolute atomic E-state index is 0.692. The summed E-state index contributed by atoms with van der Waals surface area (Å²) in [6.07, 6.45) is 5.32. The average Bonchev–Trinajstić information content (AvgIpc) is 2.26. The molecule has 0 saturated heterocycles. The molecule has 0 fully saturated rings. The second kappa shape index (κ2) is 7.05. The van der Waals surface area contributed by atoms with Gasteiger partial charge in [0.05, 0.1) is 0 Å². The molecule has 0 saturated carbocycles. The molecule has 1 atom stereocenters. The van der Waals surface area contributed by atoms with E-state index in [-0.39, 0.29) is 0 Å². The van der Waals surface area contributed by atoms with Gasteiger partial charge in [0.15, 0.2) is 0 Å². The van der Waals surface area contributed by atoms with Gasteiger partial charge in [0.25, 0.3) is 0 Å². The molecular weight excluding hydrogens is 248 g/mol. The lowest BCUT2D eigenvalue weighted by Gasteiger charge is -2.16. The van der Waals surface area contributed by atoms with Crippen molar-refractivity contribution in [3.8, 4) is 0 Å². The normalized spacial score (nSPS) is 12.7. The second-order valence-electron chi connectivity index (χ2n) is 4.20. The topological polar surface area (TPSA) is 0 Å². The summed E-state index contributed by atoms with van der Waals surface area (Å²) in [6, 6.07) is 8.76. The summed E-state index contributed by atoms with van der Waals surface area (Å²) < 4.78 is 0. The molecule has 1 heteroatoms. The largest absolute Gasteiger partial charge is 0.0921 e. The van der Waals surface area contributed by atoms with Crippen LogP contribution in [0.3, 0.4) is 0 Å². The molecule has 0 aliphatic rings. The van der Waals surface area contributed by atoms with Crippen molar-refractivity contribution in [2.24, 2.45) is 0 Å². The van der Waals surface area contributed by atoms with Crippen LogP contribution in [0.15, 0.2) is 24.3 Å². The Labute approximate surface area is 102 Å². The molecule has 0 aliphatic carbocycles. The van der Waals surface area contributed by atoms with Crippen molar-refractivity contribution in [2.75, 3.05) is 5.33 Å². The third-order valence-corrected chi connectivity index (χ3v) is 3.75. The van der Waals surface area contributed by atoms with Crippen LogP contribution >= 0.6 is 15.9 Å². The first-order chi connectivity index (χ1) is 7.29. The van der Waals surface area contributed by atoms with E-state index in [1.54, 1.807) is 0 Å². The van der Waals surface area contributed by atoms with Gasteiger partial charge < -0.3 is 0 Å². The molecule has 1 rings (SSSR count). The van der Waals surface area contributed by atoms with E-state index in [1.807, 2.05) is 0 Å². The monoisotopic (exact) mass is 268 g/mol. The second-order valence-corrected chi connectivity index (χ2v) is 4.85. The first kappa shape index (κ1) is 12.8. The molecule has 0 heterocycles. The minimum Gasteiger partial charge on any atom is -0.0921 e. The molecule has 0 aromatic heterocycles. The molecule has 0 aliphatic heterocycles. The van der Waals surface area contributed by atoms with Crippen molar-refractivity contribution in [2.45, 2.75) is 45.4 Å². The number of benzene rings is 1. The third kappa shape index (κ3) is 3.98. The molecule has 0 radical (unpaired) electrons. The van der Waals surface area contributed by atoms with Gasteiger partial charge in [-0.1, -0.05) is 66.4 Å². The van der Waals surface area contributed by atoms with Gasteiger partial charge in [-0.05, 0) is 30.4 Å². The zero-order chi connectivity index (χ0) is 11.1. The van der Waals surface area contributed by atoms with Crippen LogP contribution in [0.4, 0.5) is 0 Å². The molecule has 1 unspecified atom stereocenters. The molecule has 0 nitrogen and oxygen atoms in total. The van der Waals surface area contributed by atoms with E-state index in [9.17, 15) is 0 Å². The summed E-state index contributed by atoms with van der Waals surface area (Å²) in [5.74, 6) is 0.692. The molecule has 0 spiro atoms. The minimum atomic E-state index is 0.692. The Bertz CT molecular complexity index is 280. The van der Waals surface area contributed by atoms with Crippen molar-refractivity contribution < 1.29 is 0 Å². The Morgan fingerprint density at radius 1 is 1.20 bits per heavy atom. The third-order valence-electron chi connectivity index (χ3n) is 2.97. The van der Waals surface area contributed by atoms with Crippen LogP contribution in [-0.4, -0.2) is 5.33 Å². The molecule has 0 N–H and O–H groups in total. The molecule has 15 heavy (non-hydrogen) atoms. The van der Waals surface area contributed by atoms with Crippen LogP contribution in [0.25, 0.3) is 0 Å². The van der Waals surface area contributed by atoms with Crippen molar-refractivity contribution in [3.63, 3.8) is 0 Å². The van der Waals surface area contributed by atoms with Gasteiger partial charge in [0, 0.05) is 5.33 Å². The maximum Gasteiger partial charge on any atom is 0.0100 e. The highest BCUT2D eigenvalue weighted by atomic mass is 79.9. The smallest absolute Gasteiger partial charge is 0.0100 e. The Balaban J connectivity index is 2.61. The summed E-state index contributed by atoms with van der Waals surface area (Å²) in [6.45, 7) is 4.47. The van der Waals surface area contributed by atoms with E-state index in [4.69, 9.17) is 0 Å². The maximum absolute atomic E-state index is 3.64. The zero-order valence-electron chi connectivity index (χ0n) is 9.80. The highest BCUT2D eigenvalue weighted by molar-refractivity contribution is 9.09. The van der Waals surface area contributed by atoms with Gasteiger partial charge in [0.2, 0.25) is 0 Å². The van der Waals surface area contributed by atoms with Crippen LogP contribution in [0.1, 0.15) is 49.7 Å². The standard InChI is InChI=1S/C14H21Br/c1-3-4-5-9-13(11-15)14-10-7-6-8-12(14)2/h6-8,10,13H,3-5,9,11H2,1-2H3. The fourth-order valence-corrected chi connectivity index (χ4v) is 2.67. The van der Waals surface area contributed by atoms with E-state index in [1.165, 1.54) is 36.8 Å². The quantitative estimate of drug-likeness (QED) is 0.500. The van der Waals surface area contributed by atoms with Gasteiger partial charge in [-0.25, -0.2) is 0 Å². The van der Waals surface area contributed by atoms with Crippen LogP contribution < -0.4 is 0 Å². The number of hydrogen-bond acceptors (Lipinski definition) is 0. The lowest BCUT2D eigenvalue weighted by molar-refractivity contribution is 0.603. The SMILES string of the molecule is CCCCCC(CBr)c1ccccc1C. The zero-order valence-corrected chi connectivity index (χ0v) is 11.4. The van der Waals surface area contributed by atoms with Crippen LogP contribution in [0.5, 0.6) is 0 Å².